The number of sulfone groups is 1. The van der Waals surface area contributed by atoms with E-state index in [2.05, 4.69) is 5.32 Å². The third-order valence-electron chi connectivity index (χ3n) is 2.13. The molecule has 0 heterocycles. The molecular weight excluding hydrogens is 256 g/mol. The number of nitrogens with one attached hydrogen (secondary N) is 1. The zero-order valence-electron chi connectivity index (χ0n) is 10.0. The van der Waals surface area contributed by atoms with Crippen LogP contribution in [0.25, 0.3) is 0 Å². The van der Waals surface area contributed by atoms with Gasteiger partial charge in [0, 0.05) is 18.3 Å². The number of rotatable bonds is 6. The molecule has 0 fully saturated rings. The smallest absolute Gasteiger partial charge is 0.239 e. The lowest BCUT2D eigenvalue weighted by molar-refractivity contribution is -0.113. The Hall–Kier alpha value is -1.60. The van der Waals surface area contributed by atoms with E-state index in [1.54, 1.807) is 24.3 Å². The molecule has 0 aromatic heterocycles. The molecule has 0 aliphatic carbocycles. The number of ether oxygens (including phenoxy) is 1. The highest BCUT2D eigenvalue weighted by Gasteiger charge is 2.15. The minimum absolute atomic E-state index is 0.00870. The van der Waals surface area contributed by atoms with Gasteiger partial charge in [0.2, 0.25) is 5.91 Å². The normalized spacial score (nSPS) is 11.0. The van der Waals surface area contributed by atoms with Gasteiger partial charge in [0.25, 0.3) is 0 Å². The fourth-order valence-electron chi connectivity index (χ4n) is 1.35. The molecule has 1 rings (SSSR count). The summed E-state index contributed by atoms with van der Waals surface area (Å²) in [5, 5.41) is 2.49. The first-order chi connectivity index (χ1) is 8.46. The Morgan fingerprint density at radius 2 is 2.17 bits per heavy atom. The minimum atomic E-state index is -3.43. The molecule has 0 aliphatic rings. The van der Waals surface area contributed by atoms with Crippen LogP contribution in [0.15, 0.2) is 24.3 Å². The fraction of sp³-hybridized carbons (Fsp3) is 0.364. The van der Waals surface area contributed by atoms with Gasteiger partial charge in [-0.15, -0.1) is 0 Å². The highest BCUT2D eigenvalue weighted by atomic mass is 32.2. The molecule has 0 spiro atoms. The van der Waals surface area contributed by atoms with Crippen LogP contribution in [0.3, 0.4) is 0 Å². The van der Waals surface area contributed by atoms with Crippen molar-refractivity contribution in [2.45, 2.75) is 0 Å². The zero-order valence-corrected chi connectivity index (χ0v) is 10.9. The van der Waals surface area contributed by atoms with Crippen molar-refractivity contribution in [3.8, 4) is 5.75 Å². The summed E-state index contributed by atoms with van der Waals surface area (Å²) in [6.07, 6.45) is 0. The van der Waals surface area contributed by atoms with Crippen LogP contribution >= 0.6 is 0 Å². The van der Waals surface area contributed by atoms with Gasteiger partial charge < -0.3 is 15.8 Å². The second-order valence-electron chi connectivity index (χ2n) is 3.66. The lowest BCUT2D eigenvalue weighted by atomic mass is 10.3. The van der Waals surface area contributed by atoms with E-state index >= 15 is 0 Å². The fourth-order valence-corrected chi connectivity index (χ4v) is 2.32. The van der Waals surface area contributed by atoms with E-state index in [0.717, 1.165) is 0 Å². The van der Waals surface area contributed by atoms with Crippen LogP contribution in [-0.4, -0.2) is 39.5 Å². The maximum atomic E-state index is 11.5. The van der Waals surface area contributed by atoms with Gasteiger partial charge in [-0.2, -0.15) is 0 Å². The molecule has 1 aromatic rings. The molecule has 0 aliphatic heterocycles. The zero-order chi connectivity index (χ0) is 13.6. The second kappa shape index (κ2) is 6.36. The Balaban J connectivity index is 2.64. The van der Waals surface area contributed by atoms with E-state index < -0.39 is 21.5 Å². The molecule has 7 heteroatoms. The summed E-state index contributed by atoms with van der Waals surface area (Å²) in [5.74, 6) is -0.769. The quantitative estimate of drug-likeness (QED) is 0.760. The average Bonchev–Trinajstić information content (AvgIpc) is 2.28. The van der Waals surface area contributed by atoms with Crippen LogP contribution in [0.5, 0.6) is 5.75 Å². The van der Waals surface area contributed by atoms with Crippen molar-refractivity contribution in [2.24, 2.45) is 5.73 Å². The largest absolute Gasteiger partial charge is 0.497 e. The van der Waals surface area contributed by atoms with Gasteiger partial charge in [0.05, 0.1) is 12.9 Å². The predicted octanol–water partition coefficient (Wildman–Crippen LogP) is 0.00720. The van der Waals surface area contributed by atoms with E-state index in [-0.39, 0.29) is 12.3 Å². The molecule has 0 unspecified atom stereocenters. The third-order valence-corrected chi connectivity index (χ3v) is 3.69. The maximum Gasteiger partial charge on any atom is 0.239 e. The Kier molecular flexibility index (Phi) is 5.11. The van der Waals surface area contributed by atoms with E-state index in [9.17, 15) is 13.2 Å². The second-order valence-corrected chi connectivity index (χ2v) is 5.84. The Morgan fingerprint density at radius 3 is 2.78 bits per heavy atom. The summed E-state index contributed by atoms with van der Waals surface area (Å²) in [4.78, 5) is 11.5. The Morgan fingerprint density at radius 1 is 1.44 bits per heavy atom. The molecule has 6 nitrogen and oxygen atoms in total. The molecule has 1 amide bonds. The number of carbonyl (C=O) groups is 1. The molecule has 0 saturated carbocycles. The number of amides is 1. The number of methoxy groups -OCH3 is 1. The van der Waals surface area contributed by atoms with Crippen molar-refractivity contribution in [3.63, 3.8) is 0 Å². The molecule has 18 heavy (non-hydrogen) atoms. The SMILES string of the molecule is COc1cccc(NC(=O)CS(=O)(=O)CCN)c1. The van der Waals surface area contributed by atoms with Gasteiger partial charge in [-0.3, -0.25) is 4.79 Å². The number of benzene rings is 1. The van der Waals surface area contributed by atoms with Gasteiger partial charge >= 0.3 is 0 Å². The molecule has 0 saturated heterocycles. The standard InChI is InChI=1S/C11H16N2O4S/c1-17-10-4-2-3-9(7-10)13-11(14)8-18(15,16)6-5-12/h2-4,7H,5-6,8,12H2,1H3,(H,13,14). The summed E-state index contributed by atoms with van der Waals surface area (Å²) in [5.41, 5.74) is 5.64. The van der Waals surface area contributed by atoms with Crippen LogP contribution in [0, 0.1) is 0 Å². The van der Waals surface area contributed by atoms with Gasteiger partial charge in [-0.25, -0.2) is 8.42 Å². The summed E-state index contributed by atoms with van der Waals surface area (Å²) in [6, 6.07) is 6.67. The van der Waals surface area contributed by atoms with Crippen LogP contribution in [0.4, 0.5) is 5.69 Å². The number of nitrogens with two attached hydrogens (primary N) is 1. The van der Waals surface area contributed by atoms with Crippen molar-refractivity contribution in [3.05, 3.63) is 24.3 Å². The first kappa shape index (κ1) is 14.5. The Labute approximate surface area is 106 Å². The molecule has 0 bridgehead atoms. The van der Waals surface area contributed by atoms with Crippen LogP contribution < -0.4 is 15.8 Å². The first-order valence-electron chi connectivity index (χ1n) is 5.31. The van der Waals surface area contributed by atoms with Crippen LogP contribution in [-0.2, 0) is 14.6 Å². The number of carbonyl (C=O) groups excluding carboxylic acids is 1. The summed E-state index contributed by atoms with van der Waals surface area (Å²) >= 11 is 0. The minimum Gasteiger partial charge on any atom is -0.497 e. The summed E-state index contributed by atoms with van der Waals surface area (Å²) in [7, 11) is -1.93. The highest BCUT2D eigenvalue weighted by Crippen LogP contribution is 2.16. The summed E-state index contributed by atoms with van der Waals surface area (Å²) < 4.78 is 27.8. The molecule has 3 N–H and O–H groups in total. The lowest BCUT2D eigenvalue weighted by Gasteiger charge is -2.07. The predicted molar refractivity (Wildman–Crippen MR) is 69.3 cm³/mol. The van der Waals surface area contributed by atoms with Gasteiger partial charge in [0.1, 0.15) is 11.5 Å². The van der Waals surface area contributed by atoms with E-state index in [1.165, 1.54) is 7.11 Å². The number of hydrogen-bond acceptors (Lipinski definition) is 5. The number of anilines is 1. The van der Waals surface area contributed by atoms with Crippen molar-refractivity contribution in [2.75, 3.05) is 30.5 Å². The van der Waals surface area contributed by atoms with Crippen molar-refractivity contribution in [1.82, 2.24) is 0 Å². The maximum absolute atomic E-state index is 11.5. The molecular formula is C11H16N2O4S. The lowest BCUT2D eigenvalue weighted by Crippen LogP contribution is -2.27. The van der Waals surface area contributed by atoms with Crippen LogP contribution in [0.1, 0.15) is 0 Å². The molecule has 0 atom stereocenters. The molecule has 100 valence electrons. The van der Waals surface area contributed by atoms with Gasteiger partial charge in [-0.1, -0.05) is 6.07 Å². The molecule has 1 aromatic carbocycles. The average molecular weight is 272 g/mol. The molecule has 0 radical (unpaired) electrons. The van der Waals surface area contributed by atoms with E-state index in [4.69, 9.17) is 10.5 Å². The van der Waals surface area contributed by atoms with Crippen molar-refractivity contribution < 1.29 is 17.9 Å². The topological polar surface area (TPSA) is 98.5 Å². The van der Waals surface area contributed by atoms with E-state index in [1.807, 2.05) is 0 Å². The third kappa shape index (κ3) is 4.72. The van der Waals surface area contributed by atoms with Crippen molar-refractivity contribution in [1.29, 1.82) is 0 Å². The van der Waals surface area contributed by atoms with Crippen molar-refractivity contribution >= 4 is 21.4 Å². The Bertz CT molecular complexity index is 514. The van der Waals surface area contributed by atoms with Gasteiger partial charge in [0.15, 0.2) is 9.84 Å². The summed E-state index contributed by atoms with van der Waals surface area (Å²) in [6.45, 7) is 0.00870. The highest BCUT2D eigenvalue weighted by molar-refractivity contribution is 7.92. The van der Waals surface area contributed by atoms with Gasteiger partial charge in [-0.05, 0) is 12.1 Å². The van der Waals surface area contributed by atoms with E-state index in [0.29, 0.717) is 11.4 Å². The number of hydrogen-bond donors (Lipinski definition) is 2. The van der Waals surface area contributed by atoms with Crippen LogP contribution in [0.2, 0.25) is 0 Å². The first-order valence-corrected chi connectivity index (χ1v) is 7.13. The monoisotopic (exact) mass is 272 g/mol.